The van der Waals surface area contributed by atoms with Gasteiger partial charge in [-0.25, -0.2) is 0 Å². The Kier molecular flexibility index (Phi) is 3.84. The van der Waals surface area contributed by atoms with Crippen LogP contribution >= 0.6 is 15.9 Å². The Morgan fingerprint density at radius 1 is 1.39 bits per heavy atom. The van der Waals surface area contributed by atoms with E-state index < -0.39 is 23.6 Å². The molecule has 100 valence electrons. The molecule has 1 aromatic rings. The number of phenolic OH excluding ortho intramolecular Hbond substituents is 1. The molecule has 0 radical (unpaired) electrons. The van der Waals surface area contributed by atoms with Gasteiger partial charge in [-0.2, -0.15) is 13.2 Å². The van der Waals surface area contributed by atoms with Crippen LogP contribution in [-0.4, -0.2) is 24.8 Å². The van der Waals surface area contributed by atoms with Crippen LogP contribution in [0.25, 0.3) is 0 Å². The van der Waals surface area contributed by atoms with Crippen LogP contribution in [-0.2, 0) is 10.9 Å². The van der Waals surface area contributed by atoms with Crippen molar-refractivity contribution in [2.75, 3.05) is 19.7 Å². The fourth-order valence-electron chi connectivity index (χ4n) is 1.80. The predicted molar refractivity (Wildman–Crippen MR) is 62.4 cm³/mol. The SMILES string of the molecule is Oc1c(Br)cc(C2CNCCO2)cc1C(F)(F)F. The highest BCUT2D eigenvalue weighted by Crippen LogP contribution is 2.41. The molecule has 0 spiro atoms. The van der Waals surface area contributed by atoms with Gasteiger partial charge in [-0.3, -0.25) is 0 Å². The van der Waals surface area contributed by atoms with Crippen molar-refractivity contribution < 1.29 is 23.0 Å². The van der Waals surface area contributed by atoms with Crippen molar-refractivity contribution in [1.82, 2.24) is 5.32 Å². The van der Waals surface area contributed by atoms with Crippen molar-refractivity contribution in [3.8, 4) is 5.75 Å². The number of ether oxygens (including phenoxy) is 1. The smallest absolute Gasteiger partial charge is 0.420 e. The molecule has 1 aromatic carbocycles. The van der Waals surface area contributed by atoms with Crippen molar-refractivity contribution >= 4 is 15.9 Å². The van der Waals surface area contributed by atoms with Gasteiger partial charge in [-0.1, -0.05) is 0 Å². The highest BCUT2D eigenvalue weighted by molar-refractivity contribution is 9.10. The quantitative estimate of drug-likeness (QED) is 0.834. The molecule has 0 bridgehead atoms. The Balaban J connectivity index is 2.40. The number of rotatable bonds is 1. The third-order valence-electron chi connectivity index (χ3n) is 2.69. The molecular formula is C11H11BrF3NO2. The Hall–Kier alpha value is -0.790. The standard InChI is InChI=1S/C11H11BrF3NO2/c12-8-4-6(9-5-16-1-2-18-9)3-7(10(8)17)11(13,14)15/h3-4,9,16-17H,1-2,5H2. The average Bonchev–Trinajstić information content (AvgIpc) is 2.32. The predicted octanol–water partition coefficient (Wildman–Crippen LogP) is 2.83. The largest absolute Gasteiger partial charge is 0.506 e. The summed E-state index contributed by atoms with van der Waals surface area (Å²) in [6.45, 7) is 1.58. The van der Waals surface area contributed by atoms with Gasteiger partial charge in [0.2, 0.25) is 0 Å². The molecule has 1 saturated heterocycles. The molecule has 3 nitrogen and oxygen atoms in total. The third-order valence-corrected chi connectivity index (χ3v) is 3.30. The van der Waals surface area contributed by atoms with Gasteiger partial charge < -0.3 is 15.2 Å². The van der Waals surface area contributed by atoms with E-state index in [1.54, 1.807) is 0 Å². The van der Waals surface area contributed by atoms with Gasteiger partial charge in [-0.15, -0.1) is 0 Å². The minimum Gasteiger partial charge on any atom is -0.506 e. The summed E-state index contributed by atoms with van der Waals surface area (Å²) < 4.78 is 43.6. The number of phenols is 1. The molecule has 1 atom stereocenters. The first kappa shape index (κ1) is 13.6. The van der Waals surface area contributed by atoms with Crippen molar-refractivity contribution in [3.63, 3.8) is 0 Å². The number of aromatic hydroxyl groups is 1. The lowest BCUT2D eigenvalue weighted by molar-refractivity contribution is -0.139. The summed E-state index contributed by atoms with van der Waals surface area (Å²) in [7, 11) is 0. The van der Waals surface area contributed by atoms with E-state index in [0.717, 1.165) is 6.07 Å². The highest BCUT2D eigenvalue weighted by atomic mass is 79.9. The zero-order chi connectivity index (χ0) is 13.3. The number of nitrogens with one attached hydrogen (secondary N) is 1. The molecular weight excluding hydrogens is 315 g/mol. The zero-order valence-corrected chi connectivity index (χ0v) is 10.8. The fourth-order valence-corrected chi connectivity index (χ4v) is 2.28. The number of alkyl halides is 3. The van der Waals surface area contributed by atoms with Gasteiger partial charge in [0.25, 0.3) is 0 Å². The van der Waals surface area contributed by atoms with Gasteiger partial charge in [0.1, 0.15) is 5.75 Å². The van der Waals surface area contributed by atoms with E-state index in [1.165, 1.54) is 6.07 Å². The van der Waals surface area contributed by atoms with Gasteiger partial charge in [0, 0.05) is 13.1 Å². The lowest BCUT2D eigenvalue weighted by Crippen LogP contribution is -2.33. The summed E-state index contributed by atoms with van der Waals surface area (Å²) in [6, 6.07) is 2.38. The Labute approximate surface area is 110 Å². The molecule has 1 unspecified atom stereocenters. The van der Waals surface area contributed by atoms with Gasteiger partial charge in [0.05, 0.1) is 22.7 Å². The Morgan fingerprint density at radius 2 is 2.11 bits per heavy atom. The average molecular weight is 326 g/mol. The van der Waals surface area contributed by atoms with Crippen LogP contribution in [0.5, 0.6) is 5.75 Å². The number of halogens is 4. The van der Waals surface area contributed by atoms with E-state index in [9.17, 15) is 18.3 Å². The molecule has 18 heavy (non-hydrogen) atoms. The summed E-state index contributed by atoms with van der Waals surface area (Å²) in [6.07, 6.45) is -5.03. The second-order valence-electron chi connectivity index (χ2n) is 3.96. The number of hydrogen-bond donors (Lipinski definition) is 2. The molecule has 0 amide bonds. The summed E-state index contributed by atoms with van der Waals surface area (Å²) in [4.78, 5) is 0. The van der Waals surface area contributed by atoms with Crippen molar-refractivity contribution in [3.05, 3.63) is 27.7 Å². The van der Waals surface area contributed by atoms with Crippen LogP contribution < -0.4 is 5.32 Å². The molecule has 0 saturated carbocycles. The molecule has 1 aliphatic rings. The highest BCUT2D eigenvalue weighted by Gasteiger charge is 2.36. The number of benzene rings is 1. The van der Waals surface area contributed by atoms with E-state index in [4.69, 9.17) is 4.74 Å². The monoisotopic (exact) mass is 325 g/mol. The molecule has 1 heterocycles. The van der Waals surface area contributed by atoms with E-state index in [-0.39, 0.29) is 4.47 Å². The van der Waals surface area contributed by atoms with Crippen LogP contribution in [0.2, 0.25) is 0 Å². The van der Waals surface area contributed by atoms with Crippen molar-refractivity contribution in [2.45, 2.75) is 12.3 Å². The second kappa shape index (κ2) is 5.07. The summed E-state index contributed by atoms with van der Waals surface area (Å²) >= 11 is 2.93. The normalized spacial score (nSPS) is 21.0. The van der Waals surface area contributed by atoms with E-state index in [1.807, 2.05) is 0 Å². The summed E-state index contributed by atoms with van der Waals surface area (Å²) in [5, 5.41) is 12.5. The van der Waals surface area contributed by atoms with Crippen LogP contribution in [0.1, 0.15) is 17.2 Å². The molecule has 1 fully saturated rings. The fraction of sp³-hybridized carbons (Fsp3) is 0.455. The molecule has 1 aliphatic heterocycles. The maximum atomic E-state index is 12.7. The van der Waals surface area contributed by atoms with Gasteiger partial charge in [0.15, 0.2) is 0 Å². The van der Waals surface area contributed by atoms with E-state index in [0.29, 0.717) is 25.3 Å². The lowest BCUT2D eigenvalue weighted by atomic mass is 10.0. The van der Waals surface area contributed by atoms with Crippen LogP contribution in [0.3, 0.4) is 0 Å². The van der Waals surface area contributed by atoms with E-state index >= 15 is 0 Å². The minimum absolute atomic E-state index is 0.0153. The lowest BCUT2D eigenvalue weighted by Gasteiger charge is -2.25. The summed E-state index contributed by atoms with van der Waals surface area (Å²) in [5.41, 5.74) is -0.666. The van der Waals surface area contributed by atoms with Crippen LogP contribution in [0, 0.1) is 0 Å². The maximum Gasteiger partial charge on any atom is 0.420 e. The Bertz CT molecular complexity index is 445. The number of hydrogen-bond acceptors (Lipinski definition) is 3. The summed E-state index contributed by atoms with van der Waals surface area (Å²) in [5.74, 6) is -0.796. The van der Waals surface area contributed by atoms with Crippen molar-refractivity contribution in [1.29, 1.82) is 0 Å². The third kappa shape index (κ3) is 2.78. The second-order valence-corrected chi connectivity index (χ2v) is 4.81. The first-order valence-corrected chi connectivity index (χ1v) is 6.11. The molecule has 0 aromatic heterocycles. The molecule has 2 rings (SSSR count). The molecule has 0 aliphatic carbocycles. The minimum atomic E-state index is -4.59. The molecule has 2 N–H and O–H groups in total. The Morgan fingerprint density at radius 3 is 2.67 bits per heavy atom. The van der Waals surface area contributed by atoms with E-state index in [2.05, 4.69) is 21.2 Å². The molecule has 7 heteroatoms. The first-order valence-electron chi connectivity index (χ1n) is 5.31. The van der Waals surface area contributed by atoms with Crippen LogP contribution in [0.15, 0.2) is 16.6 Å². The van der Waals surface area contributed by atoms with Gasteiger partial charge in [-0.05, 0) is 33.6 Å². The number of morpholine rings is 1. The van der Waals surface area contributed by atoms with Crippen LogP contribution in [0.4, 0.5) is 13.2 Å². The topological polar surface area (TPSA) is 41.5 Å². The van der Waals surface area contributed by atoms with Crippen molar-refractivity contribution in [2.24, 2.45) is 0 Å². The maximum absolute atomic E-state index is 12.7. The van der Waals surface area contributed by atoms with Gasteiger partial charge >= 0.3 is 6.18 Å². The first-order chi connectivity index (χ1) is 8.39. The zero-order valence-electron chi connectivity index (χ0n) is 9.22.